The van der Waals surface area contributed by atoms with E-state index in [-0.39, 0.29) is 11.5 Å². The summed E-state index contributed by atoms with van der Waals surface area (Å²) in [7, 11) is 4.27. The van der Waals surface area contributed by atoms with E-state index in [1.165, 1.54) is 6.54 Å². The number of hydrogen-bond acceptors (Lipinski definition) is 3. The molecule has 0 radical (unpaired) electrons. The van der Waals surface area contributed by atoms with E-state index in [4.69, 9.17) is 5.73 Å². The maximum atomic E-state index is 6.25. The molecule has 0 aromatic rings. The van der Waals surface area contributed by atoms with Gasteiger partial charge in [0.2, 0.25) is 0 Å². The van der Waals surface area contributed by atoms with Crippen LogP contribution in [0.1, 0.15) is 41.0 Å². The smallest absolute Gasteiger partial charge is 0.0109 e. The lowest BCUT2D eigenvalue weighted by atomic mass is 9.85. The molecule has 0 amide bonds. The third-order valence-electron chi connectivity index (χ3n) is 3.36. The van der Waals surface area contributed by atoms with Crippen molar-refractivity contribution in [3.8, 4) is 0 Å². The molecule has 1 atom stereocenters. The van der Waals surface area contributed by atoms with E-state index < -0.39 is 0 Å². The van der Waals surface area contributed by atoms with Crippen molar-refractivity contribution in [2.45, 2.75) is 47.1 Å². The molecule has 0 rings (SSSR count). The molecule has 0 saturated carbocycles. The van der Waals surface area contributed by atoms with E-state index in [1.54, 1.807) is 0 Å². The number of nitrogens with two attached hydrogens (primary N) is 1. The standard InChI is InChI=1S/C15H35N3/c1-13(2)12-18(11-10-17(6)7)9-8-14(16)15(3,4)5/h13-14H,8-12,16H2,1-7H3. The monoisotopic (exact) mass is 257 g/mol. The SMILES string of the molecule is CC(C)CN(CCC(N)C(C)(C)C)CCN(C)C. The number of likely N-dealkylation sites (N-methyl/N-ethyl adjacent to an activating group) is 1. The van der Waals surface area contributed by atoms with Crippen LogP contribution in [0.3, 0.4) is 0 Å². The maximum absolute atomic E-state index is 6.25. The van der Waals surface area contributed by atoms with Crippen LogP contribution in [-0.2, 0) is 0 Å². The molecule has 1 unspecified atom stereocenters. The molecule has 0 bridgehead atoms. The van der Waals surface area contributed by atoms with Gasteiger partial charge >= 0.3 is 0 Å². The Morgan fingerprint density at radius 1 is 1.00 bits per heavy atom. The summed E-state index contributed by atoms with van der Waals surface area (Å²) in [6, 6.07) is 0.284. The summed E-state index contributed by atoms with van der Waals surface area (Å²) in [5.74, 6) is 0.720. The summed E-state index contributed by atoms with van der Waals surface area (Å²) >= 11 is 0. The topological polar surface area (TPSA) is 32.5 Å². The van der Waals surface area contributed by atoms with Gasteiger partial charge in [0.1, 0.15) is 0 Å². The Morgan fingerprint density at radius 2 is 1.56 bits per heavy atom. The highest BCUT2D eigenvalue weighted by Crippen LogP contribution is 2.20. The Hall–Kier alpha value is -0.120. The lowest BCUT2D eigenvalue weighted by Gasteiger charge is -2.31. The molecule has 0 heterocycles. The van der Waals surface area contributed by atoms with Crippen molar-refractivity contribution in [2.75, 3.05) is 40.3 Å². The zero-order chi connectivity index (χ0) is 14.3. The van der Waals surface area contributed by atoms with Crippen LogP contribution in [0.5, 0.6) is 0 Å². The second kappa shape index (κ2) is 8.13. The molecule has 0 aliphatic carbocycles. The minimum Gasteiger partial charge on any atom is -0.327 e. The first kappa shape index (κ1) is 17.9. The molecule has 0 aromatic heterocycles. The Morgan fingerprint density at radius 3 is 1.94 bits per heavy atom. The number of nitrogens with zero attached hydrogens (tertiary/aromatic N) is 2. The molecule has 0 aliphatic rings. The van der Waals surface area contributed by atoms with Gasteiger partial charge in [-0.2, -0.15) is 0 Å². The molecular weight excluding hydrogens is 222 g/mol. The second-order valence-electron chi connectivity index (χ2n) is 7.26. The van der Waals surface area contributed by atoms with Gasteiger partial charge in [-0.1, -0.05) is 34.6 Å². The maximum Gasteiger partial charge on any atom is 0.0109 e. The van der Waals surface area contributed by atoms with Gasteiger partial charge in [0.25, 0.3) is 0 Å². The van der Waals surface area contributed by atoms with E-state index in [0.717, 1.165) is 32.0 Å². The average Bonchev–Trinajstić information content (AvgIpc) is 2.19. The lowest BCUT2D eigenvalue weighted by molar-refractivity contribution is 0.194. The highest BCUT2D eigenvalue weighted by molar-refractivity contribution is 4.78. The van der Waals surface area contributed by atoms with Crippen LogP contribution in [0, 0.1) is 11.3 Å². The molecule has 3 heteroatoms. The summed E-state index contributed by atoms with van der Waals surface area (Å²) in [5.41, 5.74) is 6.46. The van der Waals surface area contributed by atoms with E-state index >= 15 is 0 Å². The van der Waals surface area contributed by atoms with Crippen LogP contribution in [0.4, 0.5) is 0 Å². The van der Waals surface area contributed by atoms with Crippen LogP contribution in [0.2, 0.25) is 0 Å². The summed E-state index contributed by atoms with van der Waals surface area (Å²) in [4.78, 5) is 4.80. The highest BCUT2D eigenvalue weighted by Gasteiger charge is 2.21. The van der Waals surface area contributed by atoms with E-state index in [9.17, 15) is 0 Å². The van der Waals surface area contributed by atoms with E-state index in [1.807, 2.05) is 0 Å². The van der Waals surface area contributed by atoms with Crippen molar-refractivity contribution in [1.29, 1.82) is 0 Å². The van der Waals surface area contributed by atoms with Crippen molar-refractivity contribution in [3.05, 3.63) is 0 Å². The van der Waals surface area contributed by atoms with Crippen molar-refractivity contribution >= 4 is 0 Å². The molecule has 2 N–H and O–H groups in total. The lowest BCUT2D eigenvalue weighted by Crippen LogP contribution is -2.41. The molecular formula is C15H35N3. The number of rotatable bonds is 8. The molecule has 0 aromatic carbocycles. The Kier molecular flexibility index (Phi) is 8.08. The van der Waals surface area contributed by atoms with Crippen molar-refractivity contribution < 1.29 is 0 Å². The summed E-state index contributed by atoms with van der Waals surface area (Å²) in [5, 5.41) is 0. The number of hydrogen-bond donors (Lipinski definition) is 1. The van der Waals surface area contributed by atoms with Crippen LogP contribution >= 0.6 is 0 Å². The quantitative estimate of drug-likeness (QED) is 0.724. The third kappa shape index (κ3) is 8.90. The van der Waals surface area contributed by atoms with Gasteiger partial charge < -0.3 is 15.5 Å². The molecule has 0 saturated heterocycles. The Labute approximate surface area is 115 Å². The average molecular weight is 257 g/mol. The van der Waals surface area contributed by atoms with Gasteiger partial charge in [-0.3, -0.25) is 0 Å². The van der Waals surface area contributed by atoms with Gasteiger partial charge in [-0.15, -0.1) is 0 Å². The molecule has 110 valence electrons. The second-order valence-corrected chi connectivity index (χ2v) is 7.26. The van der Waals surface area contributed by atoms with E-state index in [0.29, 0.717) is 0 Å². The molecule has 18 heavy (non-hydrogen) atoms. The Balaban J connectivity index is 4.15. The summed E-state index contributed by atoms with van der Waals surface area (Å²) in [6.45, 7) is 15.8. The first-order valence-corrected chi connectivity index (χ1v) is 7.25. The Bertz CT molecular complexity index is 206. The van der Waals surface area contributed by atoms with Gasteiger partial charge in [0.05, 0.1) is 0 Å². The van der Waals surface area contributed by atoms with Crippen LogP contribution < -0.4 is 5.73 Å². The normalized spacial score (nSPS) is 14.8. The van der Waals surface area contributed by atoms with Gasteiger partial charge in [-0.25, -0.2) is 0 Å². The minimum atomic E-state index is 0.213. The molecule has 0 aliphatic heterocycles. The van der Waals surface area contributed by atoms with Gasteiger partial charge in [0, 0.05) is 25.7 Å². The van der Waals surface area contributed by atoms with Crippen LogP contribution in [-0.4, -0.2) is 56.1 Å². The predicted octanol–water partition coefficient (Wildman–Crippen LogP) is 2.27. The van der Waals surface area contributed by atoms with Crippen molar-refractivity contribution in [2.24, 2.45) is 17.1 Å². The fourth-order valence-corrected chi connectivity index (χ4v) is 1.91. The zero-order valence-electron chi connectivity index (χ0n) is 13.7. The third-order valence-corrected chi connectivity index (χ3v) is 3.36. The fraction of sp³-hybridized carbons (Fsp3) is 1.00. The summed E-state index contributed by atoms with van der Waals surface area (Å²) in [6.07, 6.45) is 1.09. The minimum absolute atomic E-state index is 0.213. The largest absolute Gasteiger partial charge is 0.327 e. The predicted molar refractivity (Wildman–Crippen MR) is 81.9 cm³/mol. The summed E-state index contributed by atoms with van der Waals surface area (Å²) < 4.78 is 0. The highest BCUT2D eigenvalue weighted by atomic mass is 15.2. The molecule has 3 nitrogen and oxygen atoms in total. The van der Waals surface area contributed by atoms with Crippen molar-refractivity contribution in [1.82, 2.24) is 9.80 Å². The fourth-order valence-electron chi connectivity index (χ4n) is 1.91. The van der Waals surface area contributed by atoms with Crippen molar-refractivity contribution in [3.63, 3.8) is 0 Å². The molecule has 0 fully saturated rings. The molecule has 0 spiro atoms. The first-order chi connectivity index (χ1) is 8.12. The first-order valence-electron chi connectivity index (χ1n) is 7.25. The van der Waals surface area contributed by atoms with Gasteiger partial charge in [-0.05, 0) is 38.4 Å². The van der Waals surface area contributed by atoms with E-state index in [2.05, 4.69) is 58.5 Å². The zero-order valence-corrected chi connectivity index (χ0v) is 13.7. The van der Waals surface area contributed by atoms with Gasteiger partial charge in [0.15, 0.2) is 0 Å². The van der Waals surface area contributed by atoms with Crippen LogP contribution in [0.25, 0.3) is 0 Å². The van der Waals surface area contributed by atoms with Crippen LogP contribution in [0.15, 0.2) is 0 Å².